The molecule has 2 N–H and O–H groups in total. The van der Waals surface area contributed by atoms with Crippen LogP contribution in [-0.2, 0) is 0 Å². The number of nitrogens with zero attached hydrogens (tertiary/aromatic N) is 1. The van der Waals surface area contributed by atoms with Gasteiger partial charge in [0.25, 0.3) is 6.01 Å². The third-order valence-electron chi connectivity index (χ3n) is 2.80. The molecular formula is C15H12N2O. The van der Waals surface area contributed by atoms with E-state index in [-0.39, 0.29) is 6.01 Å². The highest BCUT2D eigenvalue weighted by molar-refractivity contribution is 5.81. The van der Waals surface area contributed by atoms with Gasteiger partial charge in [-0.25, -0.2) is 4.98 Å². The molecule has 0 spiro atoms. The van der Waals surface area contributed by atoms with E-state index in [4.69, 9.17) is 10.2 Å². The van der Waals surface area contributed by atoms with E-state index >= 15 is 0 Å². The number of benzene rings is 2. The van der Waals surface area contributed by atoms with Gasteiger partial charge >= 0.3 is 0 Å². The lowest BCUT2D eigenvalue weighted by atomic mass is 9.99. The Morgan fingerprint density at radius 1 is 0.833 bits per heavy atom. The SMILES string of the molecule is Nc1ncc(-c2ccccc2-c2ccccc2)o1. The lowest BCUT2D eigenvalue weighted by molar-refractivity contribution is 0.595. The van der Waals surface area contributed by atoms with E-state index in [0.717, 1.165) is 16.7 Å². The van der Waals surface area contributed by atoms with E-state index in [9.17, 15) is 0 Å². The van der Waals surface area contributed by atoms with Crippen LogP contribution < -0.4 is 5.73 Å². The summed E-state index contributed by atoms with van der Waals surface area (Å²) in [6.45, 7) is 0. The molecule has 0 atom stereocenters. The smallest absolute Gasteiger partial charge is 0.292 e. The van der Waals surface area contributed by atoms with Crippen LogP contribution in [-0.4, -0.2) is 4.98 Å². The van der Waals surface area contributed by atoms with E-state index in [2.05, 4.69) is 23.2 Å². The standard InChI is InChI=1S/C15H12N2O/c16-15-17-10-14(18-15)13-9-5-4-8-12(13)11-6-2-1-3-7-11/h1-10H,(H2,16,17). The van der Waals surface area contributed by atoms with Gasteiger partial charge in [0.2, 0.25) is 0 Å². The van der Waals surface area contributed by atoms with Crippen LogP contribution in [0.5, 0.6) is 0 Å². The molecule has 0 aliphatic rings. The topological polar surface area (TPSA) is 52.0 Å². The maximum absolute atomic E-state index is 5.53. The Morgan fingerprint density at radius 2 is 1.50 bits per heavy atom. The second-order valence-corrected chi connectivity index (χ2v) is 3.97. The normalized spacial score (nSPS) is 10.4. The average Bonchev–Trinajstić information content (AvgIpc) is 2.86. The molecule has 88 valence electrons. The van der Waals surface area contributed by atoms with Gasteiger partial charge in [0.1, 0.15) is 0 Å². The number of nitrogen functional groups attached to an aromatic ring is 1. The lowest BCUT2D eigenvalue weighted by Gasteiger charge is -2.06. The largest absolute Gasteiger partial charge is 0.424 e. The zero-order valence-electron chi connectivity index (χ0n) is 9.71. The molecule has 3 rings (SSSR count). The van der Waals surface area contributed by atoms with E-state index in [1.165, 1.54) is 0 Å². The molecule has 0 bridgehead atoms. The van der Waals surface area contributed by atoms with Crippen LogP contribution in [0, 0.1) is 0 Å². The highest BCUT2D eigenvalue weighted by atomic mass is 16.4. The van der Waals surface area contributed by atoms with Crippen LogP contribution in [0.1, 0.15) is 0 Å². The van der Waals surface area contributed by atoms with Gasteiger partial charge in [0.15, 0.2) is 5.76 Å². The summed E-state index contributed by atoms with van der Waals surface area (Å²) in [5.74, 6) is 0.687. The van der Waals surface area contributed by atoms with Gasteiger partial charge in [-0.15, -0.1) is 0 Å². The van der Waals surface area contributed by atoms with Gasteiger partial charge in [0, 0.05) is 5.56 Å². The predicted molar refractivity (Wildman–Crippen MR) is 71.8 cm³/mol. The molecule has 0 saturated heterocycles. The maximum Gasteiger partial charge on any atom is 0.292 e. The summed E-state index contributed by atoms with van der Waals surface area (Å²) in [5, 5.41) is 0. The van der Waals surface area contributed by atoms with Crippen LogP contribution in [0.2, 0.25) is 0 Å². The molecule has 0 aliphatic heterocycles. The Morgan fingerprint density at radius 3 is 2.17 bits per heavy atom. The number of anilines is 1. The Hall–Kier alpha value is -2.55. The molecule has 0 unspecified atom stereocenters. The molecule has 0 fully saturated rings. The maximum atomic E-state index is 5.53. The van der Waals surface area contributed by atoms with Crippen LogP contribution in [0.15, 0.2) is 65.2 Å². The van der Waals surface area contributed by atoms with Crippen molar-refractivity contribution in [3.63, 3.8) is 0 Å². The van der Waals surface area contributed by atoms with Crippen molar-refractivity contribution in [2.24, 2.45) is 0 Å². The number of hydrogen-bond donors (Lipinski definition) is 1. The van der Waals surface area contributed by atoms with Crippen molar-refractivity contribution in [3.8, 4) is 22.5 Å². The quantitative estimate of drug-likeness (QED) is 0.739. The summed E-state index contributed by atoms with van der Waals surface area (Å²) in [5.41, 5.74) is 8.77. The fourth-order valence-corrected chi connectivity index (χ4v) is 1.98. The van der Waals surface area contributed by atoms with Gasteiger partial charge in [-0.1, -0.05) is 54.6 Å². The molecule has 1 heterocycles. The van der Waals surface area contributed by atoms with Crippen molar-refractivity contribution >= 4 is 6.01 Å². The van der Waals surface area contributed by atoms with E-state index in [1.807, 2.05) is 36.4 Å². The Labute approximate surface area is 105 Å². The average molecular weight is 236 g/mol. The number of aromatic nitrogens is 1. The first-order chi connectivity index (χ1) is 8.84. The first-order valence-corrected chi connectivity index (χ1v) is 5.71. The molecule has 2 aromatic carbocycles. The number of oxazole rings is 1. The highest BCUT2D eigenvalue weighted by Gasteiger charge is 2.10. The molecule has 1 aromatic heterocycles. The zero-order chi connectivity index (χ0) is 12.4. The van der Waals surface area contributed by atoms with Gasteiger partial charge in [-0.3, -0.25) is 0 Å². The monoisotopic (exact) mass is 236 g/mol. The van der Waals surface area contributed by atoms with Crippen LogP contribution in [0.3, 0.4) is 0 Å². The Bertz CT molecular complexity index is 659. The molecule has 3 nitrogen and oxygen atoms in total. The van der Waals surface area contributed by atoms with Crippen molar-refractivity contribution in [3.05, 3.63) is 60.8 Å². The van der Waals surface area contributed by atoms with Crippen molar-refractivity contribution in [2.75, 3.05) is 5.73 Å². The second-order valence-electron chi connectivity index (χ2n) is 3.97. The predicted octanol–water partition coefficient (Wildman–Crippen LogP) is 3.59. The number of hydrogen-bond acceptors (Lipinski definition) is 3. The molecule has 18 heavy (non-hydrogen) atoms. The van der Waals surface area contributed by atoms with E-state index in [1.54, 1.807) is 6.20 Å². The van der Waals surface area contributed by atoms with E-state index in [0.29, 0.717) is 5.76 Å². The van der Waals surface area contributed by atoms with Crippen LogP contribution in [0.4, 0.5) is 6.01 Å². The highest BCUT2D eigenvalue weighted by Crippen LogP contribution is 2.32. The molecule has 3 aromatic rings. The van der Waals surface area contributed by atoms with Crippen molar-refractivity contribution < 1.29 is 4.42 Å². The van der Waals surface area contributed by atoms with Crippen LogP contribution in [0.25, 0.3) is 22.5 Å². The first-order valence-electron chi connectivity index (χ1n) is 5.71. The Balaban J connectivity index is 2.17. The lowest BCUT2D eigenvalue weighted by Crippen LogP contribution is -1.83. The number of nitrogens with two attached hydrogens (primary N) is 1. The molecule has 3 heteroatoms. The molecule has 0 aliphatic carbocycles. The third kappa shape index (κ3) is 1.86. The van der Waals surface area contributed by atoms with Gasteiger partial charge < -0.3 is 10.2 Å². The van der Waals surface area contributed by atoms with Crippen LogP contribution >= 0.6 is 0 Å². The summed E-state index contributed by atoms with van der Waals surface area (Å²) < 4.78 is 5.40. The summed E-state index contributed by atoms with van der Waals surface area (Å²) >= 11 is 0. The van der Waals surface area contributed by atoms with Crippen molar-refractivity contribution in [1.82, 2.24) is 4.98 Å². The minimum atomic E-state index is 0.188. The molecular weight excluding hydrogens is 224 g/mol. The minimum absolute atomic E-state index is 0.188. The van der Waals surface area contributed by atoms with Gasteiger partial charge in [-0.2, -0.15) is 0 Å². The molecule has 0 radical (unpaired) electrons. The minimum Gasteiger partial charge on any atom is -0.424 e. The molecule has 0 saturated carbocycles. The van der Waals surface area contributed by atoms with Crippen molar-refractivity contribution in [1.29, 1.82) is 0 Å². The zero-order valence-corrected chi connectivity index (χ0v) is 9.71. The summed E-state index contributed by atoms with van der Waals surface area (Å²) in [6, 6.07) is 18.4. The number of rotatable bonds is 2. The van der Waals surface area contributed by atoms with E-state index < -0.39 is 0 Å². The molecule has 0 amide bonds. The summed E-state index contributed by atoms with van der Waals surface area (Å²) in [4.78, 5) is 3.94. The van der Waals surface area contributed by atoms with Gasteiger partial charge in [0.05, 0.1) is 6.20 Å². The van der Waals surface area contributed by atoms with Gasteiger partial charge in [-0.05, 0) is 11.1 Å². The third-order valence-corrected chi connectivity index (χ3v) is 2.80. The Kier molecular flexibility index (Phi) is 2.57. The second kappa shape index (κ2) is 4.37. The fourth-order valence-electron chi connectivity index (χ4n) is 1.98. The van der Waals surface area contributed by atoms with Crippen molar-refractivity contribution in [2.45, 2.75) is 0 Å². The summed E-state index contributed by atoms with van der Waals surface area (Å²) in [6.07, 6.45) is 1.65. The first kappa shape index (κ1) is 10.6. The fraction of sp³-hybridized carbons (Fsp3) is 0. The summed E-state index contributed by atoms with van der Waals surface area (Å²) in [7, 11) is 0.